The van der Waals surface area contributed by atoms with Crippen molar-refractivity contribution in [3.63, 3.8) is 0 Å². The van der Waals surface area contributed by atoms with E-state index in [2.05, 4.69) is 15.0 Å². The summed E-state index contributed by atoms with van der Waals surface area (Å²) in [5.41, 5.74) is 1.21. The lowest BCUT2D eigenvalue weighted by molar-refractivity contribution is 0.403. The average Bonchev–Trinajstić information content (AvgIpc) is 2.64. The molecule has 0 saturated carbocycles. The van der Waals surface area contributed by atoms with Crippen LogP contribution in [-0.4, -0.2) is 37.8 Å². The van der Waals surface area contributed by atoms with E-state index in [1.807, 2.05) is 0 Å². The highest BCUT2D eigenvalue weighted by atomic mass is 16.3. The van der Waals surface area contributed by atoms with Gasteiger partial charge in [-0.1, -0.05) is 6.07 Å². The van der Waals surface area contributed by atoms with Crippen LogP contribution in [0.3, 0.4) is 0 Å². The van der Waals surface area contributed by atoms with Crippen LogP contribution in [0.1, 0.15) is 11.1 Å². The topological polar surface area (TPSA) is 119 Å². The summed E-state index contributed by atoms with van der Waals surface area (Å²) in [6, 6.07) is 13.9. The number of benzene rings is 2. The van der Waals surface area contributed by atoms with E-state index < -0.39 is 0 Å². The lowest BCUT2D eigenvalue weighted by Crippen LogP contribution is -1.83. The van der Waals surface area contributed by atoms with E-state index in [9.17, 15) is 20.4 Å². The molecule has 3 aromatic rings. The lowest BCUT2D eigenvalue weighted by Gasteiger charge is -1.99. The lowest BCUT2D eigenvalue weighted by atomic mass is 10.2. The number of rotatable bonds is 4. The molecular weight excluding hydrogens is 334 g/mol. The molecule has 7 nitrogen and oxygen atoms in total. The molecular formula is C19H15N3O4. The third-order valence-electron chi connectivity index (χ3n) is 3.41. The predicted octanol–water partition coefficient (Wildman–Crippen LogP) is 3.41. The van der Waals surface area contributed by atoms with Crippen LogP contribution in [0, 0.1) is 0 Å². The number of aliphatic imine (C=N–C) groups is 2. The molecule has 0 bridgehead atoms. The highest BCUT2D eigenvalue weighted by molar-refractivity contribution is 5.83. The van der Waals surface area contributed by atoms with Crippen molar-refractivity contribution in [2.24, 2.45) is 9.98 Å². The molecule has 0 amide bonds. The van der Waals surface area contributed by atoms with Crippen molar-refractivity contribution >= 4 is 24.1 Å². The van der Waals surface area contributed by atoms with Gasteiger partial charge in [0, 0.05) is 12.4 Å². The van der Waals surface area contributed by atoms with Gasteiger partial charge in [0.1, 0.15) is 0 Å². The molecule has 0 aliphatic carbocycles. The summed E-state index contributed by atoms with van der Waals surface area (Å²) < 4.78 is 0. The summed E-state index contributed by atoms with van der Waals surface area (Å²) in [4.78, 5) is 12.7. The van der Waals surface area contributed by atoms with Crippen molar-refractivity contribution < 1.29 is 20.4 Å². The zero-order valence-corrected chi connectivity index (χ0v) is 13.5. The van der Waals surface area contributed by atoms with Crippen molar-refractivity contribution in [1.29, 1.82) is 0 Å². The molecule has 2 aromatic carbocycles. The summed E-state index contributed by atoms with van der Waals surface area (Å²) in [5, 5.41) is 37.5. The van der Waals surface area contributed by atoms with Gasteiger partial charge in [0.15, 0.2) is 34.6 Å². The summed E-state index contributed by atoms with van der Waals surface area (Å²) >= 11 is 0. The quantitative estimate of drug-likeness (QED) is 0.425. The molecule has 1 aromatic heterocycles. The van der Waals surface area contributed by atoms with E-state index >= 15 is 0 Å². The summed E-state index contributed by atoms with van der Waals surface area (Å²) in [6.45, 7) is 0. The number of pyridine rings is 1. The summed E-state index contributed by atoms with van der Waals surface area (Å²) in [5.74, 6) is -0.00916. The zero-order chi connectivity index (χ0) is 18.5. The zero-order valence-electron chi connectivity index (χ0n) is 13.5. The van der Waals surface area contributed by atoms with Gasteiger partial charge in [-0.15, -0.1) is 0 Å². The molecule has 0 aliphatic heterocycles. The first-order valence-corrected chi connectivity index (χ1v) is 7.60. The fourth-order valence-electron chi connectivity index (χ4n) is 2.08. The minimum atomic E-state index is -0.225. The van der Waals surface area contributed by atoms with E-state index in [-0.39, 0.29) is 23.0 Å². The van der Waals surface area contributed by atoms with Gasteiger partial charge in [0.2, 0.25) is 0 Å². The highest BCUT2D eigenvalue weighted by Crippen LogP contribution is 2.25. The Kier molecular flexibility index (Phi) is 4.80. The number of nitrogens with zero attached hydrogens (tertiary/aromatic N) is 3. The normalized spacial score (nSPS) is 11.4. The Morgan fingerprint density at radius 3 is 1.50 bits per heavy atom. The SMILES string of the molecule is Oc1ccc(C=Nc2cccc(N=Cc3ccc(O)c(O)c3)n2)cc1O. The van der Waals surface area contributed by atoms with Crippen LogP contribution in [0.4, 0.5) is 11.6 Å². The van der Waals surface area contributed by atoms with Gasteiger partial charge in [-0.3, -0.25) is 0 Å². The fourth-order valence-corrected chi connectivity index (χ4v) is 2.08. The van der Waals surface area contributed by atoms with E-state index in [0.717, 1.165) is 0 Å². The van der Waals surface area contributed by atoms with E-state index in [1.165, 1.54) is 36.7 Å². The molecule has 4 N–H and O–H groups in total. The molecule has 130 valence electrons. The molecule has 0 fully saturated rings. The smallest absolute Gasteiger partial charge is 0.158 e. The number of hydrogen-bond acceptors (Lipinski definition) is 7. The van der Waals surface area contributed by atoms with Gasteiger partial charge in [-0.25, -0.2) is 15.0 Å². The van der Waals surface area contributed by atoms with Crippen LogP contribution in [0.5, 0.6) is 23.0 Å². The van der Waals surface area contributed by atoms with Gasteiger partial charge in [-0.2, -0.15) is 0 Å². The molecule has 0 aliphatic rings. The van der Waals surface area contributed by atoms with Crippen molar-refractivity contribution in [3.8, 4) is 23.0 Å². The van der Waals surface area contributed by atoms with E-state index in [0.29, 0.717) is 22.8 Å². The van der Waals surface area contributed by atoms with E-state index in [1.54, 1.807) is 30.3 Å². The van der Waals surface area contributed by atoms with Crippen LogP contribution >= 0.6 is 0 Å². The van der Waals surface area contributed by atoms with E-state index in [4.69, 9.17) is 0 Å². The van der Waals surface area contributed by atoms with Crippen LogP contribution in [0.25, 0.3) is 0 Å². The highest BCUT2D eigenvalue weighted by Gasteiger charge is 2.00. The Labute approximate surface area is 148 Å². The Bertz CT molecular complexity index is 923. The van der Waals surface area contributed by atoms with Crippen molar-refractivity contribution in [1.82, 2.24) is 4.98 Å². The van der Waals surface area contributed by atoms with Gasteiger partial charge in [0.25, 0.3) is 0 Å². The minimum Gasteiger partial charge on any atom is -0.504 e. The van der Waals surface area contributed by atoms with Crippen LogP contribution in [0.15, 0.2) is 64.6 Å². The minimum absolute atomic E-state index is 0.197. The maximum Gasteiger partial charge on any atom is 0.158 e. The Morgan fingerprint density at radius 1 is 0.615 bits per heavy atom. The van der Waals surface area contributed by atoms with Crippen LogP contribution in [-0.2, 0) is 0 Å². The van der Waals surface area contributed by atoms with Crippen molar-refractivity contribution in [2.45, 2.75) is 0 Å². The Morgan fingerprint density at radius 2 is 1.08 bits per heavy atom. The maximum absolute atomic E-state index is 9.48. The molecule has 3 rings (SSSR count). The largest absolute Gasteiger partial charge is 0.504 e. The average molecular weight is 349 g/mol. The van der Waals surface area contributed by atoms with Crippen molar-refractivity contribution in [2.75, 3.05) is 0 Å². The first-order valence-electron chi connectivity index (χ1n) is 7.60. The van der Waals surface area contributed by atoms with Crippen molar-refractivity contribution in [3.05, 3.63) is 65.7 Å². The molecule has 1 heterocycles. The number of hydrogen-bond donors (Lipinski definition) is 4. The predicted molar refractivity (Wildman–Crippen MR) is 98.3 cm³/mol. The van der Waals surface area contributed by atoms with Gasteiger partial charge >= 0.3 is 0 Å². The summed E-state index contributed by atoms with van der Waals surface area (Å²) in [7, 11) is 0. The third-order valence-corrected chi connectivity index (χ3v) is 3.41. The van der Waals surface area contributed by atoms with Gasteiger partial charge in [0.05, 0.1) is 0 Å². The summed E-state index contributed by atoms with van der Waals surface area (Å²) in [6.07, 6.45) is 3.01. The second-order valence-electron chi connectivity index (χ2n) is 5.37. The fraction of sp³-hybridized carbons (Fsp3) is 0. The molecule has 7 heteroatoms. The molecule has 0 saturated heterocycles. The molecule has 0 unspecified atom stereocenters. The number of phenols is 4. The molecule has 26 heavy (non-hydrogen) atoms. The number of aromatic nitrogens is 1. The molecule has 0 radical (unpaired) electrons. The Hall–Kier alpha value is -3.87. The monoisotopic (exact) mass is 349 g/mol. The van der Waals surface area contributed by atoms with Crippen LogP contribution < -0.4 is 0 Å². The second kappa shape index (κ2) is 7.35. The first-order chi connectivity index (χ1) is 12.5. The number of phenolic OH excluding ortho intramolecular Hbond substituents is 4. The molecule has 0 spiro atoms. The standard InChI is InChI=1S/C19H15N3O4/c23-14-6-4-12(8-16(14)25)10-20-18-2-1-3-19(22-18)21-11-13-5-7-15(24)17(26)9-13/h1-11,23-26H. The first kappa shape index (κ1) is 17.0. The molecule has 0 atom stereocenters. The number of aromatic hydroxyl groups is 4. The third kappa shape index (κ3) is 4.15. The van der Waals surface area contributed by atoms with Gasteiger partial charge < -0.3 is 20.4 Å². The Balaban J connectivity index is 1.77. The maximum atomic E-state index is 9.48. The van der Waals surface area contributed by atoms with Gasteiger partial charge in [-0.05, 0) is 59.7 Å². The second-order valence-corrected chi connectivity index (χ2v) is 5.37. The van der Waals surface area contributed by atoms with Crippen LogP contribution in [0.2, 0.25) is 0 Å².